The first kappa shape index (κ1) is 23.3. The molecule has 24 heavy (non-hydrogen) atoms. The van der Waals surface area contributed by atoms with Crippen LogP contribution in [-0.4, -0.2) is 31.0 Å². The molecule has 0 aromatic heterocycles. The highest BCUT2D eigenvalue weighted by Crippen LogP contribution is 2.16. The molecule has 0 saturated heterocycles. The predicted octanol–water partition coefficient (Wildman–Crippen LogP) is 1.26. The van der Waals surface area contributed by atoms with Gasteiger partial charge in [0.25, 0.3) is 0 Å². The van der Waals surface area contributed by atoms with E-state index in [1.165, 1.54) is 44.1 Å². The van der Waals surface area contributed by atoms with E-state index in [4.69, 9.17) is 5.73 Å². The minimum absolute atomic E-state index is 0. The number of halogens is 1. The number of nitrogens with zero attached hydrogens (tertiary/aromatic N) is 1. The molecular formula is C20H35BrN2O. The van der Waals surface area contributed by atoms with Crippen molar-refractivity contribution in [3.8, 4) is 0 Å². The van der Waals surface area contributed by atoms with Gasteiger partial charge in [0, 0.05) is 18.4 Å². The van der Waals surface area contributed by atoms with Gasteiger partial charge in [-0.1, -0.05) is 62.4 Å². The third kappa shape index (κ3) is 10.2. The standard InChI is InChI=1S/C20H35N2O.BrH/c1-22(2,18-19-14-10-9-11-15-19)20(21)16-12-7-5-3-4-6-8-13-17-23;/h9-11,14-15,17,20H,3-8,12-13,16,18,21H2,1-2H3;1H/q+1;/p-1. The van der Waals surface area contributed by atoms with Gasteiger partial charge in [-0.3, -0.25) is 5.73 Å². The highest BCUT2D eigenvalue weighted by molar-refractivity contribution is 5.48. The van der Waals surface area contributed by atoms with Crippen molar-refractivity contribution < 1.29 is 26.3 Å². The van der Waals surface area contributed by atoms with Crippen LogP contribution in [0, 0.1) is 0 Å². The summed E-state index contributed by atoms with van der Waals surface area (Å²) < 4.78 is 0.843. The Morgan fingerprint density at radius 3 is 2.08 bits per heavy atom. The van der Waals surface area contributed by atoms with Gasteiger partial charge in [0.05, 0.1) is 14.1 Å². The Bertz CT molecular complexity index is 423. The molecular weight excluding hydrogens is 364 g/mol. The van der Waals surface area contributed by atoms with Crippen LogP contribution in [0.4, 0.5) is 0 Å². The molecule has 1 aromatic rings. The molecule has 4 heteroatoms. The number of hydrogen-bond acceptors (Lipinski definition) is 2. The van der Waals surface area contributed by atoms with E-state index < -0.39 is 0 Å². The number of nitrogens with two attached hydrogens (primary N) is 1. The first-order valence-corrected chi connectivity index (χ1v) is 9.12. The van der Waals surface area contributed by atoms with Crippen LogP contribution >= 0.6 is 0 Å². The van der Waals surface area contributed by atoms with Gasteiger partial charge in [-0.25, -0.2) is 0 Å². The highest BCUT2D eigenvalue weighted by Gasteiger charge is 2.24. The summed E-state index contributed by atoms with van der Waals surface area (Å²) in [6.07, 6.45) is 11.6. The molecule has 1 unspecified atom stereocenters. The van der Waals surface area contributed by atoms with Gasteiger partial charge in [-0.15, -0.1) is 0 Å². The molecule has 0 spiro atoms. The summed E-state index contributed by atoms with van der Waals surface area (Å²) in [5.41, 5.74) is 7.78. The van der Waals surface area contributed by atoms with E-state index in [9.17, 15) is 4.79 Å². The molecule has 2 N–H and O–H groups in total. The maximum atomic E-state index is 10.2. The van der Waals surface area contributed by atoms with Gasteiger partial charge in [0.2, 0.25) is 0 Å². The normalized spacial score (nSPS) is 12.5. The quantitative estimate of drug-likeness (QED) is 0.235. The fraction of sp³-hybridized carbons (Fsp3) is 0.650. The second kappa shape index (κ2) is 13.6. The molecule has 0 fully saturated rings. The number of quaternary nitrogens is 1. The molecule has 0 heterocycles. The zero-order valence-electron chi connectivity index (χ0n) is 15.4. The smallest absolute Gasteiger partial charge is 0.140 e. The van der Waals surface area contributed by atoms with Crippen molar-refractivity contribution in [3.63, 3.8) is 0 Å². The van der Waals surface area contributed by atoms with Crippen LogP contribution in [0.2, 0.25) is 0 Å². The molecule has 0 bridgehead atoms. The Kier molecular flexibility index (Phi) is 13.2. The van der Waals surface area contributed by atoms with Crippen molar-refractivity contribution in [1.29, 1.82) is 0 Å². The van der Waals surface area contributed by atoms with Crippen LogP contribution in [0.1, 0.15) is 63.4 Å². The summed E-state index contributed by atoms with van der Waals surface area (Å²) in [5, 5.41) is 0. The summed E-state index contributed by atoms with van der Waals surface area (Å²) in [6, 6.07) is 10.6. The molecule has 0 amide bonds. The molecule has 0 radical (unpaired) electrons. The second-order valence-electron chi connectivity index (χ2n) is 7.21. The molecule has 138 valence electrons. The molecule has 1 atom stereocenters. The van der Waals surface area contributed by atoms with Gasteiger partial charge in [0.15, 0.2) is 0 Å². The third-order valence-electron chi connectivity index (χ3n) is 4.65. The van der Waals surface area contributed by atoms with Crippen LogP contribution in [0.15, 0.2) is 30.3 Å². The lowest BCUT2D eigenvalue weighted by atomic mass is 10.1. The fourth-order valence-electron chi connectivity index (χ4n) is 2.99. The average Bonchev–Trinajstić information content (AvgIpc) is 2.53. The van der Waals surface area contributed by atoms with Crippen molar-refractivity contribution in [2.24, 2.45) is 5.73 Å². The maximum Gasteiger partial charge on any atom is 0.140 e. The molecule has 0 saturated carbocycles. The molecule has 1 rings (SSSR count). The number of hydrogen-bond donors (Lipinski definition) is 1. The number of rotatable bonds is 13. The minimum atomic E-state index is 0. The lowest BCUT2D eigenvalue weighted by Gasteiger charge is -2.36. The van der Waals surface area contributed by atoms with Crippen LogP contribution in [-0.2, 0) is 11.3 Å². The van der Waals surface area contributed by atoms with Gasteiger partial charge >= 0.3 is 0 Å². The van der Waals surface area contributed by atoms with E-state index in [0.29, 0.717) is 0 Å². The third-order valence-corrected chi connectivity index (χ3v) is 4.65. The molecule has 0 aliphatic rings. The van der Waals surface area contributed by atoms with Crippen molar-refractivity contribution in [2.45, 2.75) is 70.5 Å². The number of aldehydes is 1. The average molecular weight is 399 g/mol. The number of benzene rings is 1. The number of carbonyl (C=O) groups excluding carboxylic acids is 1. The first-order valence-electron chi connectivity index (χ1n) is 9.12. The Morgan fingerprint density at radius 2 is 1.50 bits per heavy atom. The van der Waals surface area contributed by atoms with E-state index in [1.54, 1.807) is 0 Å². The van der Waals surface area contributed by atoms with E-state index >= 15 is 0 Å². The van der Waals surface area contributed by atoms with E-state index in [1.807, 2.05) is 0 Å². The van der Waals surface area contributed by atoms with E-state index in [2.05, 4.69) is 44.4 Å². The van der Waals surface area contributed by atoms with E-state index in [-0.39, 0.29) is 23.1 Å². The highest BCUT2D eigenvalue weighted by atomic mass is 79.9. The summed E-state index contributed by atoms with van der Waals surface area (Å²) >= 11 is 0. The SMILES string of the molecule is C[N+](C)(Cc1ccccc1)C(N)CCCCCCCCCC=O.[Br-]. The molecule has 0 aliphatic heterocycles. The number of unbranched alkanes of at least 4 members (excludes halogenated alkanes) is 7. The first-order chi connectivity index (χ1) is 11.1. The molecule has 1 aromatic carbocycles. The second-order valence-corrected chi connectivity index (χ2v) is 7.21. The molecule has 0 aliphatic carbocycles. The van der Waals surface area contributed by atoms with Gasteiger partial charge < -0.3 is 26.3 Å². The zero-order chi connectivity index (χ0) is 17.0. The van der Waals surface area contributed by atoms with Crippen molar-refractivity contribution in [2.75, 3.05) is 14.1 Å². The summed E-state index contributed by atoms with van der Waals surface area (Å²) in [4.78, 5) is 10.2. The lowest BCUT2D eigenvalue weighted by Crippen LogP contribution is -3.00. The van der Waals surface area contributed by atoms with Crippen molar-refractivity contribution >= 4 is 6.29 Å². The molecule has 3 nitrogen and oxygen atoms in total. The predicted molar refractivity (Wildman–Crippen MR) is 97.8 cm³/mol. The topological polar surface area (TPSA) is 43.1 Å². The Labute approximate surface area is 159 Å². The van der Waals surface area contributed by atoms with Gasteiger partial charge in [0.1, 0.15) is 19.0 Å². The van der Waals surface area contributed by atoms with Crippen LogP contribution in [0.5, 0.6) is 0 Å². The Morgan fingerprint density at radius 1 is 0.958 bits per heavy atom. The van der Waals surface area contributed by atoms with Crippen LogP contribution < -0.4 is 22.7 Å². The van der Waals surface area contributed by atoms with Gasteiger partial charge in [-0.05, 0) is 12.8 Å². The number of carbonyl (C=O) groups is 1. The summed E-state index contributed by atoms with van der Waals surface area (Å²) in [7, 11) is 4.45. The fourth-order valence-corrected chi connectivity index (χ4v) is 2.99. The summed E-state index contributed by atoms with van der Waals surface area (Å²) in [5.74, 6) is 0. The Balaban J connectivity index is 0.00000529. The van der Waals surface area contributed by atoms with Crippen LogP contribution in [0.25, 0.3) is 0 Å². The summed E-state index contributed by atoms with van der Waals surface area (Å²) in [6.45, 7) is 0.985. The van der Waals surface area contributed by atoms with Crippen molar-refractivity contribution in [3.05, 3.63) is 35.9 Å². The maximum absolute atomic E-state index is 10.2. The minimum Gasteiger partial charge on any atom is -1.00 e. The zero-order valence-corrected chi connectivity index (χ0v) is 17.0. The monoisotopic (exact) mass is 398 g/mol. The Hall–Kier alpha value is -0.710. The van der Waals surface area contributed by atoms with Crippen LogP contribution in [0.3, 0.4) is 0 Å². The van der Waals surface area contributed by atoms with Crippen molar-refractivity contribution in [1.82, 2.24) is 0 Å². The van der Waals surface area contributed by atoms with E-state index in [0.717, 1.165) is 36.6 Å². The largest absolute Gasteiger partial charge is 1.00 e. The van der Waals surface area contributed by atoms with Gasteiger partial charge in [-0.2, -0.15) is 0 Å². The lowest BCUT2D eigenvalue weighted by molar-refractivity contribution is -0.928.